The Kier molecular flexibility index (Phi) is 1.92. The minimum atomic E-state index is -2.60. The van der Waals surface area contributed by atoms with Gasteiger partial charge in [-0.05, 0) is 26.2 Å². The van der Waals surface area contributed by atoms with Gasteiger partial charge in [0.25, 0.3) is 6.43 Å². The molecule has 2 aliphatic carbocycles. The van der Waals surface area contributed by atoms with Crippen molar-refractivity contribution in [1.82, 2.24) is 9.78 Å². The van der Waals surface area contributed by atoms with E-state index in [1.165, 1.54) is 4.68 Å². The highest BCUT2D eigenvalue weighted by Gasteiger charge is 2.57. The van der Waals surface area contributed by atoms with E-state index in [-0.39, 0.29) is 23.6 Å². The van der Waals surface area contributed by atoms with Crippen LogP contribution in [0.4, 0.5) is 13.2 Å². The van der Waals surface area contributed by atoms with Crippen LogP contribution in [0.2, 0.25) is 0 Å². The molecular weight excluding hydrogens is 217 g/mol. The number of hydrogen-bond donors (Lipinski definition) is 0. The molecule has 0 N–H and O–H groups in total. The van der Waals surface area contributed by atoms with Gasteiger partial charge in [0.05, 0.1) is 5.69 Å². The number of rotatable bonds is 2. The third-order valence-electron chi connectivity index (χ3n) is 3.56. The lowest BCUT2D eigenvalue weighted by atomic mass is 10.1. The topological polar surface area (TPSA) is 17.8 Å². The molecule has 2 nitrogen and oxygen atoms in total. The number of halogens is 3. The molecule has 2 aliphatic rings. The first-order chi connectivity index (χ1) is 7.52. The summed E-state index contributed by atoms with van der Waals surface area (Å²) in [5.41, 5.74) is 0.712. The predicted molar refractivity (Wildman–Crippen MR) is 52.3 cm³/mol. The van der Waals surface area contributed by atoms with Crippen LogP contribution in [0.5, 0.6) is 0 Å². The monoisotopic (exact) mass is 230 g/mol. The zero-order valence-electron chi connectivity index (χ0n) is 9.12. The molecule has 5 heteroatoms. The number of aromatic nitrogens is 2. The molecule has 0 bridgehead atoms. The van der Waals surface area contributed by atoms with Crippen LogP contribution in [-0.2, 0) is 0 Å². The third kappa shape index (κ3) is 1.11. The average Bonchev–Trinajstić information content (AvgIpc) is 2.79. The number of nitrogens with zero attached hydrogens (tertiary/aromatic N) is 2. The van der Waals surface area contributed by atoms with Gasteiger partial charge in [-0.3, -0.25) is 4.68 Å². The molecule has 0 spiro atoms. The lowest BCUT2D eigenvalue weighted by molar-refractivity contribution is 0.143. The lowest BCUT2D eigenvalue weighted by Gasteiger charge is -2.12. The van der Waals surface area contributed by atoms with E-state index in [1.54, 1.807) is 0 Å². The molecule has 0 radical (unpaired) electrons. The van der Waals surface area contributed by atoms with Crippen LogP contribution in [0, 0.1) is 5.92 Å². The molecule has 1 saturated carbocycles. The molecular formula is C11H13F3N2. The van der Waals surface area contributed by atoms with Crippen LogP contribution in [0.3, 0.4) is 0 Å². The van der Waals surface area contributed by atoms with E-state index in [1.807, 2.05) is 13.8 Å². The number of fused-ring (bicyclic) bond motifs is 3. The van der Waals surface area contributed by atoms with E-state index in [2.05, 4.69) is 5.10 Å². The van der Waals surface area contributed by atoms with Gasteiger partial charge in [0.1, 0.15) is 11.9 Å². The molecule has 1 aromatic rings. The smallest absolute Gasteiger partial charge is 0.263 e. The second-order valence-corrected chi connectivity index (χ2v) is 4.93. The van der Waals surface area contributed by atoms with E-state index >= 15 is 0 Å². The van der Waals surface area contributed by atoms with Gasteiger partial charge in [-0.1, -0.05) is 0 Å². The first kappa shape index (κ1) is 10.2. The van der Waals surface area contributed by atoms with E-state index in [0.29, 0.717) is 17.7 Å². The van der Waals surface area contributed by atoms with Crippen LogP contribution in [0.25, 0.3) is 0 Å². The number of hydrogen-bond acceptors (Lipinski definition) is 1. The van der Waals surface area contributed by atoms with Crippen molar-refractivity contribution in [3.05, 3.63) is 17.0 Å². The summed E-state index contributed by atoms with van der Waals surface area (Å²) in [5.74, 6) is -0.0583. The summed E-state index contributed by atoms with van der Waals surface area (Å²) in [5, 5.41) is 3.88. The Morgan fingerprint density at radius 1 is 1.38 bits per heavy atom. The second-order valence-electron chi connectivity index (χ2n) is 4.93. The van der Waals surface area contributed by atoms with Crippen molar-refractivity contribution in [3.8, 4) is 0 Å². The number of alkyl halides is 3. The molecule has 0 aliphatic heterocycles. The maximum Gasteiger partial charge on any atom is 0.282 e. The highest BCUT2D eigenvalue weighted by molar-refractivity contribution is 5.44. The lowest BCUT2D eigenvalue weighted by Crippen LogP contribution is -2.09. The predicted octanol–water partition coefficient (Wildman–Crippen LogP) is 3.53. The highest BCUT2D eigenvalue weighted by Crippen LogP contribution is 2.64. The van der Waals surface area contributed by atoms with E-state index in [0.717, 1.165) is 0 Å². The first-order valence-electron chi connectivity index (χ1n) is 5.56. The molecule has 3 atom stereocenters. The summed E-state index contributed by atoms with van der Waals surface area (Å²) in [7, 11) is 0. The second kappa shape index (κ2) is 3.02. The van der Waals surface area contributed by atoms with Gasteiger partial charge in [-0.25, -0.2) is 13.2 Å². The SMILES string of the molecule is CC(C)n1nc(C(F)F)c2c1C(F)C1CC21. The summed E-state index contributed by atoms with van der Waals surface area (Å²) in [6, 6.07) is -0.0722. The molecule has 0 saturated heterocycles. The Bertz CT molecular complexity index is 416. The molecule has 16 heavy (non-hydrogen) atoms. The van der Waals surface area contributed by atoms with Gasteiger partial charge < -0.3 is 0 Å². The average molecular weight is 230 g/mol. The van der Waals surface area contributed by atoms with Gasteiger partial charge in [0, 0.05) is 17.5 Å². The minimum absolute atomic E-state index is 0.00139. The Morgan fingerprint density at radius 2 is 2.06 bits per heavy atom. The fourth-order valence-corrected chi connectivity index (χ4v) is 2.76. The Labute approximate surface area is 91.4 Å². The summed E-state index contributed by atoms with van der Waals surface area (Å²) >= 11 is 0. The summed E-state index contributed by atoms with van der Waals surface area (Å²) in [6.45, 7) is 3.67. The fraction of sp³-hybridized carbons (Fsp3) is 0.727. The minimum Gasteiger partial charge on any atom is -0.263 e. The van der Waals surface area contributed by atoms with Gasteiger partial charge >= 0.3 is 0 Å². The molecule has 3 unspecified atom stereocenters. The van der Waals surface area contributed by atoms with Crippen LogP contribution in [0.1, 0.15) is 61.8 Å². The Hall–Kier alpha value is -1.00. The van der Waals surface area contributed by atoms with Crippen LogP contribution in [-0.4, -0.2) is 9.78 Å². The maximum absolute atomic E-state index is 13.9. The van der Waals surface area contributed by atoms with Crippen molar-refractivity contribution in [3.63, 3.8) is 0 Å². The van der Waals surface area contributed by atoms with Crippen molar-refractivity contribution in [1.29, 1.82) is 0 Å². The third-order valence-corrected chi connectivity index (χ3v) is 3.56. The summed E-state index contributed by atoms with van der Waals surface area (Å²) < 4.78 is 41.0. The van der Waals surface area contributed by atoms with Crippen molar-refractivity contribution in [2.24, 2.45) is 5.92 Å². The largest absolute Gasteiger partial charge is 0.282 e. The Morgan fingerprint density at radius 3 is 2.62 bits per heavy atom. The molecule has 0 aromatic carbocycles. The molecule has 3 rings (SSSR count). The van der Waals surface area contributed by atoms with Crippen molar-refractivity contribution in [2.45, 2.75) is 44.8 Å². The fourth-order valence-electron chi connectivity index (χ4n) is 2.76. The summed E-state index contributed by atoms with van der Waals surface area (Å²) in [6.07, 6.45) is -2.99. The van der Waals surface area contributed by atoms with E-state index in [4.69, 9.17) is 0 Å². The Balaban J connectivity index is 2.17. The quantitative estimate of drug-likeness (QED) is 0.760. The summed E-state index contributed by atoms with van der Waals surface area (Å²) in [4.78, 5) is 0. The standard InChI is InChI=1S/C11H13F3N2/c1-4(2)16-10-7(9(15-16)11(13)14)5-3-6(5)8(10)12/h4-6,8,11H,3H2,1-2H3. The van der Waals surface area contributed by atoms with Gasteiger partial charge in [-0.2, -0.15) is 5.10 Å². The molecule has 1 heterocycles. The van der Waals surface area contributed by atoms with Crippen molar-refractivity contribution < 1.29 is 13.2 Å². The van der Waals surface area contributed by atoms with Crippen LogP contribution in [0.15, 0.2) is 0 Å². The molecule has 0 amide bonds. The molecule has 1 aromatic heterocycles. The highest BCUT2D eigenvalue weighted by atomic mass is 19.3. The van der Waals surface area contributed by atoms with Gasteiger partial charge in [0.15, 0.2) is 0 Å². The van der Waals surface area contributed by atoms with Crippen molar-refractivity contribution >= 4 is 0 Å². The molecule has 1 fully saturated rings. The first-order valence-corrected chi connectivity index (χ1v) is 5.56. The van der Waals surface area contributed by atoms with E-state index < -0.39 is 12.6 Å². The van der Waals surface area contributed by atoms with Gasteiger partial charge in [-0.15, -0.1) is 0 Å². The zero-order valence-corrected chi connectivity index (χ0v) is 9.12. The normalized spacial score (nSPS) is 31.1. The van der Waals surface area contributed by atoms with E-state index in [9.17, 15) is 13.2 Å². The van der Waals surface area contributed by atoms with Crippen molar-refractivity contribution in [2.75, 3.05) is 0 Å². The zero-order chi connectivity index (χ0) is 11.6. The van der Waals surface area contributed by atoms with Crippen LogP contribution >= 0.6 is 0 Å². The van der Waals surface area contributed by atoms with Gasteiger partial charge in [0.2, 0.25) is 0 Å². The maximum atomic E-state index is 13.9. The van der Waals surface area contributed by atoms with Crippen LogP contribution < -0.4 is 0 Å². The molecule has 88 valence electrons.